The molecule has 94 valence electrons. The maximum atomic E-state index is 12.2. The summed E-state index contributed by atoms with van der Waals surface area (Å²) >= 11 is 0. The number of hydrogen-bond donors (Lipinski definition) is 1. The third-order valence-corrected chi connectivity index (χ3v) is 3.19. The number of aliphatic hydroxyl groups is 1. The average molecular weight is 228 g/mol. The third-order valence-electron chi connectivity index (χ3n) is 3.19. The largest absolute Gasteiger partial charge is 0.396 e. The maximum absolute atomic E-state index is 12.2. The highest BCUT2D eigenvalue weighted by atomic mass is 16.3. The van der Waals surface area contributed by atoms with Gasteiger partial charge < -0.3 is 10.0 Å². The fourth-order valence-electron chi connectivity index (χ4n) is 2.34. The monoisotopic (exact) mass is 228 g/mol. The summed E-state index contributed by atoms with van der Waals surface area (Å²) in [5.41, 5.74) is -0.0271. The quantitative estimate of drug-likeness (QED) is 0.756. The van der Waals surface area contributed by atoms with Gasteiger partial charge in [0.05, 0.1) is 6.04 Å². The van der Waals surface area contributed by atoms with Gasteiger partial charge in [0.2, 0.25) is 5.91 Å². The summed E-state index contributed by atoms with van der Waals surface area (Å²) in [7, 11) is 1.85. The van der Waals surface area contributed by atoms with Crippen molar-refractivity contribution < 1.29 is 9.90 Å². The molecule has 0 aliphatic carbocycles. The topological polar surface area (TPSA) is 43.8 Å². The van der Waals surface area contributed by atoms with Gasteiger partial charge in [0.1, 0.15) is 0 Å². The van der Waals surface area contributed by atoms with E-state index in [2.05, 4.69) is 25.7 Å². The van der Waals surface area contributed by atoms with Gasteiger partial charge in [-0.25, -0.2) is 0 Å². The first-order valence-electron chi connectivity index (χ1n) is 6.00. The molecule has 1 saturated heterocycles. The second kappa shape index (κ2) is 5.15. The highest BCUT2D eigenvalue weighted by Crippen LogP contribution is 2.23. The van der Waals surface area contributed by atoms with Gasteiger partial charge in [-0.2, -0.15) is 0 Å². The van der Waals surface area contributed by atoms with Crippen LogP contribution in [0.15, 0.2) is 0 Å². The summed E-state index contributed by atoms with van der Waals surface area (Å²) in [6.45, 7) is 8.16. The lowest BCUT2D eigenvalue weighted by molar-refractivity contribution is -0.136. The van der Waals surface area contributed by atoms with Crippen LogP contribution >= 0.6 is 0 Å². The van der Waals surface area contributed by atoms with Crippen molar-refractivity contribution in [1.29, 1.82) is 0 Å². The second-order valence-electron chi connectivity index (χ2n) is 5.51. The Hall–Kier alpha value is -0.610. The molecule has 1 atom stereocenters. The zero-order chi connectivity index (χ0) is 12.3. The van der Waals surface area contributed by atoms with Crippen LogP contribution in [0.5, 0.6) is 0 Å². The zero-order valence-corrected chi connectivity index (χ0v) is 10.9. The molecule has 0 spiro atoms. The van der Waals surface area contributed by atoms with Crippen molar-refractivity contribution in [3.05, 3.63) is 0 Å². The molecule has 4 heteroatoms. The van der Waals surface area contributed by atoms with Crippen LogP contribution in [0.25, 0.3) is 0 Å². The summed E-state index contributed by atoms with van der Waals surface area (Å²) in [6, 6.07) is -0.169. The van der Waals surface area contributed by atoms with E-state index in [0.29, 0.717) is 6.42 Å². The molecule has 16 heavy (non-hydrogen) atoms. The van der Waals surface area contributed by atoms with Crippen molar-refractivity contribution in [2.24, 2.45) is 0 Å². The number of aliphatic hydroxyl groups excluding tert-OH is 1. The maximum Gasteiger partial charge on any atom is 0.239 e. The molecule has 1 N–H and O–H groups in total. The second-order valence-corrected chi connectivity index (χ2v) is 5.51. The Morgan fingerprint density at radius 1 is 1.38 bits per heavy atom. The Labute approximate surface area is 98.2 Å². The Morgan fingerprint density at radius 3 is 2.50 bits per heavy atom. The number of nitrogens with zero attached hydrogens (tertiary/aromatic N) is 2. The Morgan fingerprint density at radius 2 is 2.00 bits per heavy atom. The molecule has 0 aromatic rings. The number of rotatable bonds is 2. The van der Waals surface area contributed by atoms with Crippen molar-refractivity contribution in [2.75, 3.05) is 26.7 Å². The van der Waals surface area contributed by atoms with E-state index in [0.717, 1.165) is 19.5 Å². The molecule has 0 radical (unpaired) electrons. The van der Waals surface area contributed by atoms with Crippen LogP contribution in [0.3, 0.4) is 0 Å². The van der Waals surface area contributed by atoms with Gasteiger partial charge >= 0.3 is 0 Å². The molecule has 1 unspecified atom stereocenters. The van der Waals surface area contributed by atoms with Crippen molar-refractivity contribution in [3.63, 3.8) is 0 Å². The van der Waals surface area contributed by atoms with Crippen LogP contribution in [0, 0.1) is 0 Å². The van der Waals surface area contributed by atoms with Gasteiger partial charge in [-0.1, -0.05) is 0 Å². The van der Waals surface area contributed by atoms with Gasteiger partial charge in [-0.05, 0) is 33.6 Å². The van der Waals surface area contributed by atoms with Gasteiger partial charge in [0.15, 0.2) is 0 Å². The lowest BCUT2D eigenvalue weighted by Crippen LogP contribution is -2.53. The molecule has 1 rings (SSSR count). The zero-order valence-electron chi connectivity index (χ0n) is 10.9. The summed E-state index contributed by atoms with van der Waals surface area (Å²) < 4.78 is 0. The molecule has 0 saturated carbocycles. The fourth-order valence-corrected chi connectivity index (χ4v) is 2.34. The molecule has 0 aromatic carbocycles. The van der Waals surface area contributed by atoms with Crippen LogP contribution in [0.2, 0.25) is 0 Å². The molecule has 1 heterocycles. The van der Waals surface area contributed by atoms with E-state index in [1.54, 1.807) is 4.90 Å². The Kier molecular flexibility index (Phi) is 4.33. The number of amides is 1. The Balaban J connectivity index is 2.91. The first-order chi connectivity index (χ1) is 7.38. The third kappa shape index (κ3) is 2.95. The molecule has 1 aliphatic rings. The molecule has 1 aliphatic heterocycles. The van der Waals surface area contributed by atoms with E-state index < -0.39 is 0 Å². The first-order valence-corrected chi connectivity index (χ1v) is 6.00. The van der Waals surface area contributed by atoms with E-state index in [1.165, 1.54) is 0 Å². The van der Waals surface area contributed by atoms with Crippen LogP contribution in [-0.2, 0) is 4.79 Å². The Bertz CT molecular complexity index is 248. The summed E-state index contributed by atoms with van der Waals surface area (Å²) in [5.74, 6) is 0.140. The minimum atomic E-state index is -0.169. The summed E-state index contributed by atoms with van der Waals surface area (Å²) in [4.78, 5) is 16.2. The van der Waals surface area contributed by atoms with E-state index in [1.807, 2.05) is 7.05 Å². The predicted octanol–water partition coefficient (Wildman–Crippen LogP) is 0.700. The van der Waals surface area contributed by atoms with E-state index in [-0.39, 0.29) is 24.1 Å². The molecule has 1 fully saturated rings. The van der Waals surface area contributed by atoms with Gasteiger partial charge in [0, 0.05) is 32.3 Å². The van der Waals surface area contributed by atoms with E-state index in [9.17, 15) is 4.79 Å². The molecule has 1 amide bonds. The van der Waals surface area contributed by atoms with E-state index >= 15 is 0 Å². The van der Waals surface area contributed by atoms with Crippen LogP contribution in [0.1, 0.15) is 33.6 Å². The van der Waals surface area contributed by atoms with Gasteiger partial charge in [-0.15, -0.1) is 0 Å². The highest BCUT2D eigenvalue weighted by Gasteiger charge is 2.36. The molecular weight excluding hydrogens is 204 g/mol. The summed E-state index contributed by atoms with van der Waals surface area (Å²) in [6.07, 6.45) is 1.53. The number of carbonyl (C=O) groups excluding carboxylic acids is 1. The average Bonchev–Trinajstić information content (AvgIpc) is 2.30. The van der Waals surface area contributed by atoms with Crippen molar-refractivity contribution in [1.82, 2.24) is 9.80 Å². The van der Waals surface area contributed by atoms with Crippen LogP contribution in [-0.4, -0.2) is 59.1 Å². The molecular formula is C12H24N2O2. The SMILES string of the molecule is CN1CCCN(C(C)(C)C)C(CCO)C1=O. The predicted molar refractivity (Wildman–Crippen MR) is 64.2 cm³/mol. The van der Waals surface area contributed by atoms with Gasteiger partial charge in [-0.3, -0.25) is 9.69 Å². The lowest BCUT2D eigenvalue weighted by atomic mass is 10.0. The van der Waals surface area contributed by atoms with Crippen molar-refractivity contribution >= 4 is 5.91 Å². The van der Waals surface area contributed by atoms with E-state index in [4.69, 9.17) is 5.11 Å². The lowest BCUT2D eigenvalue weighted by Gasteiger charge is -2.39. The minimum Gasteiger partial charge on any atom is -0.396 e. The number of likely N-dealkylation sites (N-methyl/N-ethyl adjacent to an activating group) is 1. The highest BCUT2D eigenvalue weighted by molar-refractivity contribution is 5.82. The first kappa shape index (κ1) is 13.5. The smallest absolute Gasteiger partial charge is 0.239 e. The standard InChI is InChI=1S/C12H24N2O2/c1-12(2,3)14-8-5-7-13(4)11(16)10(14)6-9-15/h10,15H,5-9H2,1-4H3. The molecule has 4 nitrogen and oxygen atoms in total. The molecule has 0 aromatic heterocycles. The van der Waals surface area contributed by atoms with Gasteiger partial charge in [0.25, 0.3) is 0 Å². The van der Waals surface area contributed by atoms with Crippen LogP contribution < -0.4 is 0 Å². The minimum absolute atomic E-state index is 0.0271. The summed E-state index contributed by atoms with van der Waals surface area (Å²) in [5, 5.41) is 9.10. The molecule has 0 bridgehead atoms. The normalized spacial score (nSPS) is 24.7. The fraction of sp³-hybridized carbons (Fsp3) is 0.917. The van der Waals surface area contributed by atoms with Crippen LogP contribution in [0.4, 0.5) is 0 Å². The van der Waals surface area contributed by atoms with Crippen molar-refractivity contribution in [3.8, 4) is 0 Å². The van der Waals surface area contributed by atoms with Crippen molar-refractivity contribution in [2.45, 2.75) is 45.2 Å². The number of hydrogen-bond acceptors (Lipinski definition) is 3. The number of carbonyl (C=O) groups is 1.